The van der Waals surface area contributed by atoms with Crippen LogP contribution in [0.25, 0.3) is 0 Å². The molecule has 0 aliphatic rings. The van der Waals surface area contributed by atoms with Gasteiger partial charge in [0.15, 0.2) is 17.5 Å². The fourth-order valence-electron chi connectivity index (χ4n) is 2.21. The predicted molar refractivity (Wildman–Crippen MR) is 97.5 cm³/mol. The Labute approximate surface area is 146 Å². The second kappa shape index (κ2) is 9.02. The first-order chi connectivity index (χ1) is 11.7. The molecule has 2 N–H and O–H groups in total. The summed E-state index contributed by atoms with van der Waals surface area (Å²) in [5.74, 6) is 2.75. The van der Waals surface area contributed by atoms with Crippen LogP contribution in [0.15, 0.2) is 34.0 Å². The summed E-state index contributed by atoms with van der Waals surface area (Å²) in [7, 11) is 6.59. The van der Waals surface area contributed by atoms with Crippen LogP contribution in [-0.2, 0) is 13.1 Å². The lowest BCUT2D eigenvalue weighted by Crippen LogP contribution is -2.36. The molecule has 0 bridgehead atoms. The maximum atomic E-state index is 5.44. The van der Waals surface area contributed by atoms with E-state index in [0.29, 0.717) is 18.0 Å². The lowest BCUT2D eigenvalue weighted by atomic mass is 10.1. The highest BCUT2D eigenvalue weighted by Gasteiger charge is 2.12. The number of methoxy groups -OCH3 is 3. The third-order valence-electron chi connectivity index (χ3n) is 3.50. The summed E-state index contributed by atoms with van der Waals surface area (Å²) in [6.45, 7) is 1.28. The molecule has 0 aliphatic carbocycles. The fraction of sp³-hybridized carbons (Fsp3) is 0.353. The molecule has 6 nitrogen and oxygen atoms in total. The molecule has 7 heteroatoms. The molecule has 1 aromatic carbocycles. The minimum atomic E-state index is 0.548. The number of rotatable bonds is 7. The molecule has 2 aromatic rings. The smallest absolute Gasteiger partial charge is 0.191 e. The first kappa shape index (κ1) is 17.9. The number of aliphatic imine (C=N–C) groups is 1. The molecule has 24 heavy (non-hydrogen) atoms. The number of benzene rings is 1. The molecule has 2 rings (SSSR count). The molecule has 0 saturated heterocycles. The zero-order valence-corrected chi connectivity index (χ0v) is 15.2. The van der Waals surface area contributed by atoms with Crippen molar-refractivity contribution in [2.45, 2.75) is 13.1 Å². The highest BCUT2D eigenvalue weighted by molar-refractivity contribution is 7.07. The number of thiophene rings is 1. The largest absolute Gasteiger partial charge is 0.496 e. The minimum absolute atomic E-state index is 0.548. The molecule has 1 aromatic heterocycles. The van der Waals surface area contributed by atoms with Crippen LogP contribution in [0.4, 0.5) is 0 Å². The van der Waals surface area contributed by atoms with E-state index in [0.717, 1.165) is 23.8 Å². The van der Waals surface area contributed by atoms with Crippen molar-refractivity contribution < 1.29 is 14.2 Å². The van der Waals surface area contributed by atoms with Gasteiger partial charge in [0.1, 0.15) is 5.75 Å². The molecule has 0 atom stereocenters. The van der Waals surface area contributed by atoms with E-state index in [4.69, 9.17) is 14.2 Å². The molecule has 0 aliphatic heterocycles. The van der Waals surface area contributed by atoms with Crippen molar-refractivity contribution in [2.75, 3.05) is 28.4 Å². The molecule has 1 heterocycles. The Bertz CT molecular complexity index is 672. The SMILES string of the molecule is CN=C(NCc1ccsc1)NCc1cc(OC)c(OC)cc1OC. The molecular formula is C17H23N3O3S. The highest BCUT2D eigenvalue weighted by Crippen LogP contribution is 2.34. The van der Waals surface area contributed by atoms with Crippen molar-refractivity contribution >= 4 is 17.3 Å². The zero-order chi connectivity index (χ0) is 17.4. The van der Waals surface area contributed by atoms with Crippen LogP contribution >= 0.6 is 11.3 Å². The summed E-state index contributed by atoms with van der Waals surface area (Å²) < 4.78 is 16.1. The Kier molecular flexibility index (Phi) is 6.74. The van der Waals surface area contributed by atoms with Gasteiger partial charge in [0.05, 0.1) is 21.3 Å². The topological polar surface area (TPSA) is 64.1 Å². The average Bonchev–Trinajstić information content (AvgIpc) is 3.14. The molecule has 0 saturated carbocycles. The summed E-state index contributed by atoms with van der Waals surface area (Å²) >= 11 is 1.68. The van der Waals surface area contributed by atoms with Gasteiger partial charge in [-0.2, -0.15) is 11.3 Å². The highest BCUT2D eigenvalue weighted by atomic mass is 32.1. The van der Waals surface area contributed by atoms with Crippen molar-refractivity contribution in [1.29, 1.82) is 0 Å². The van der Waals surface area contributed by atoms with Crippen molar-refractivity contribution in [2.24, 2.45) is 4.99 Å². The summed E-state index contributed by atoms with van der Waals surface area (Å²) in [5, 5.41) is 10.7. The second-order valence-corrected chi connectivity index (χ2v) is 5.71. The van der Waals surface area contributed by atoms with E-state index < -0.39 is 0 Å². The maximum Gasteiger partial charge on any atom is 0.191 e. The van der Waals surface area contributed by atoms with Gasteiger partial charge in [0, 0.05) is 31.8 Å². The Balaban J connectivity index is 2.03. The molecule has 130 valence electrons. The van der Waals surface area contributed by atoms with Crippen LogP contribution < -0.4 is 24.8 Å². The normalized spacial score (nSPS) is 11.1. The Morgan fingerprint density at radius 1 is 1.00 bits per heavy atom. The van der Waals surface area contributed by atoms with Crippen LogP contribution in [-0.4, -0.2) is 34.3 Å². The molecule has 0 fully saturated rings. The predicted octanol–water partition coefficient (Wildman–Crippen LogP) is 2.64. The molecule has 0 unspecified atom stereocenters. The van der Waals surface area contributed by atoms with E-state index in [2.05, 4.69) is 32.5 Å². The Hall–Kier alpha value is -2.41. The molecule has 0 spiro atoms. The van der Waals surface area contributed by atoms with Gasteiger partial charge in [-0.05, 0) is 28.5 Å². The minimum Gasteiger partial charge on any atom is -0.496 e. The number of ether oxygens (including phenoxy) is 3. The van der Waals surface area contributed by atoms with Crippen LogP contribution in [0.5, 0.6) is 17.2 Å². The van der Waals surface area contributed by atoms with Crippen LogP contribution in [0.1, 0.15) is 11.1 Å². The first-order valence-electron chi connectivity index (χ1n) is 7.46. The molecular weight excluding hydrogens is 326 g/mol. The van der Waals surface area contributed by atoms with Gasteiger partial charge in [-0.25, -0.2) is 0 Å². The second-order valence-electron chi connectivity index (χ2n) is 4.93. The van der Waals surface area contributed by atoms with Crippen LogP contribution in [0, 0.1) is 0 Å². The first-order valence-corrected chi connectivity index (χ1v) is 8.40. The zero-order valence-electron chi connectivity index (χ0n) is 14.4. The van der Waals surface area contributed by atoms with Gasteiger partial charge in [-0.15, -0.1) is 0 Å². The van der Waals surface area contributed by atoms with Gasteiger partial charge in [0.2, 0.25) is 0 Å². The van der Waals surface area contributed by atoms with E-state index in [1.165, 1.54) is 5.56 Å². The summed E-state index contributed by atoms with van der Waals surface area (Å²) in [5.41, 5.74) is 2.18. The maximum absolute atomic E-state index is 5.44. The van der Waals surface area contributed by atoms with Crippen LogP contribution in [0.3, 0.4) is 0 Å². The van der Waals surface area contributed by atoms with E-state index >= 15 is 0 Å². The summed E-state index contributed by atoms with van der Waals surface area (Å²) in [6, 6.07) is 5.80. The van der Waals surface area contributed by atoms with Gasteiger partial charge < -0.3 is 24.8 Å². The van der Waals surface area contributed by atoms with Crippen molar-refractivity contribution in [3.05, 3.63) is 40.1 Å². The number of hydrogen-bond donors (Lipinski definition) is 2. The van der Waals surface area contributed by atoms with Gasteiger partial charge in [-0.3, -0.25) is 4.99 Å². The summed E-state index contributed by atoms with van der Waals surface area (Å²) in [4.78, 5) is 4.24. The monoisotopic (exact) mass is 349 g/mol. The van der Waals surface area contributed by atoms with E-state index in [1.54, 1.807) is 39.7 Å². The van der Waals surface area contributed by atoms with Gasteiger partial charge in [-0.1, -0.05) is 0 Å². The lowest BCUT2D eigenvalue weighted by molar-refractivity contribution is 0.347. The van der Waals surface area contributed by atoms with Crippen molar-refractivity contribution in [3.8, 4) is 17.2 Å². The number of hydrogen-bond acceptors (Lipinski definition) is 5. The number of nitrogens with one attached hydrogen (secondary N) is 2. The number of nitrogens with zero attached hydrogens (tertiary/aromatic N) is 1. The summed E-state index contributed by atoms with van der Waals surface area (Å²) in [6.07, 6.45) is 0. The number of guanidine groups is 1. The van der Waals surface area contributed by atoms with Gasteiger partial charge >= 0.3 is 0 Å². The van der Waals surface area contributed by atoms with Crippen molar-refractivity contribution in [3.63, 3.8) is 0 Å². The quantitative estimate of drug-likeness (QED) is 0.594. The van der Waals surface area contributed by atoms with E-state index in [-0.39, 0.29) is 0 Å². The van der Waals surface area contributed by atoms with E-state index in [9.17, 15) is 0 Å². The van der Waals surface area contributed by atoms with E-state index in [1.807, 2.05) is 12.1 Å². The third-order valence-corrected chi connectivity index (χ3v) is 4.23. The molecule has 0 amide bonds. The van der Waals surface area contributed by atoms with Crippen LogP contribution in [0.2, 0.25) is 0 Å². The average molecular weight is 349 g/mol. The standard InChI is InChI=1S/C17H23N3O3S/c1-18-17(19-9-12-5-6-24-11-12)20-10-13-7-15(22-3)16(23-4)8-14(13)21-2/h5-8,11H,9-10H2,1-4H3,(H2,18,19,20). The van der Waals surface area contributed by atoms with Crippen molar-refractivity contribution in [1.82, 2.24) is 10.6 Å². The lowest BCUT2D eigenvalue weighted by Gasteiger charge is -2.16. The van der Waals surface area contributed by atoms with Gasteiger partial charge in [0.25, 0.3) is 0 Å². The molecule has 0 radical (unpaired) electrons. The third kappa shape index (κ3) is 4.55. The fourth-order valence-corrected chi connectivity index (χ4v) is 2.88. The Morgan fingerprint density at radius 3 is 2.25 bits per heavy atom. The Morgan fingerprint density at radius 2 is 1.67 bits per heavy atom.